The first-order valence-corrected chi connectivity index (χ1v) is 11.1. The van der Waals surface area contributed by atoms with Gasteiger partial charge in [0.15, 0.2) is 0 Å². The smallest absolute Gasteiger partial charge is 0.207 e. The van der Waals surface area contributed by atoms with Crippen molar-refractivity contribution in [1.82, 2.24) is 4.31 Å². The van der Waals surface area contributed by atoms with E-state index in [9.17, 15) is 8.42 Å². The summed E-state index contributed by atoms with van der Waals surface area (Å²) in [7, 11) is -3.32. The first kappa shape index (κ1) is 16.0. The molecule has 0 fully saturated rings. The molecule has 1 aromatic rings. The molecular weight excluding hydrogens is 274 g/mol. The Labute approximate surface area is 117 Å². The van der Waals surface area contributed by atoms with Crippen LogP contribution in [0.3, 0.4) is 0 Å². The van der Waals surface area contributed by atoms with Gasteiger partial charge in [-0.2, -0.15) is 4.31 Å². The fourth-order valence-electron chi connectivity index (χ4n) is 1.39. The van der Waals surface area contributed by atoms with Gasteiger partial charge >= 0.3 is 0 Å². The van der Waals surface area contributed by atoms with Gasteiger partial charge in [0.1, 0.15) is 8.07 Å². The zero-order valence-corrected chi connectivity index (χ0v) is 14.0. The summed E-state index contributed by atoms with van der Waals surface area (Å²) in [5, 5.41) is 0. The average Bonchev–Trinajstić information content (AvgIpc) is 2.27. The Morgan fingerprint density at radius 3 is 2.16 bits per heavy atom. The van der Waals surface area contributed by atoms with Crippen molar-refractivity contribution in [3.8, 4) is 11.5 Å². The van der Waals surface area contributed by atoms with Crippen molar-refractivity contribution in [2.75, 3.05) is 13.6 Å². The molecule has 0 spiro atoms. The zero-order valence-electron chi connectivity index (χ0n) is 12.2. The van der Waals surface area contributed by atoms with Crippen molar-refractivity contribution < 1.29 is 8.42 Å². The van der Waals surface area contributed by atoms with Crippen LogP contribution in [0.2, 0.25) is 19.6 Å². The van der Waals surface area contributed by atoms with E-state index in [4.69, 9.17) is 0 Å². The van der Waals surface area contributed by atoms with Gasteiger partial charge in [-0.1, -0.05) is 43.3 Å². The molecule has 104 valence electrons. The van der Waals surface area contributed by atoms with Crippen LogP contribution in [0.5, 0.6) is 0 Å². The number of hydrogen-bond donors (Lipinski definition) is 0. The van der Waals surface area contributed by atoms with Crippen LogP contribution in [0.15, 0.2) is 29.2 Å². The molecule has 1 rings (SSSR count). The lowest BCUT2D eigenvalue weighted by molar-refractivity contribution is 0.503. The van der Waals surface area contributed by atoms with Gasteiger partial charge in [0, 0.05) is 7.05 Å². The van der Waals surface area contributed by atoms with Crippen LogP contribution in [0.4, 0.5) is 0 Å². The number of hydrogen-bond acceptors (Lipinski definition) is 2. The molecule has 0 aliphatic carbocycles. The molecule has 0 aliphatic heterocycles. The van der Waals surface area contributed by atoms with E-state index in [1.165, 1.54) is 4.31 Å². The van der Waals surface area contributed by atoms with Crippen molar-refractivity contribution in [1.29, 1.82) is 0 Å². The normalized spacial score (nSPS) is 12.1. The Hall–Kier alpha value is -1.09. The zero-order chi connectivity index (χ0) is 14.7. The summed E-state index contributed by atoms with van der Waals surface area (Å²) in [6.45, 7) is 8.57. The van der Waals surface area contributed by atoms with Gasteiger partial charge < -0.3 is 0 Å². The molecular formula is C14H21NO2SSi. The van der Waals surface area contributed by atoms with Gasteiger partial charge in [-0.05, 0) is 19.1 Å². The maximum Gasteiger partial charge on any atom is 0.243 e. The highest BCUT2D eigenvalue weighted by Crippen LogP contribution is 2.14. The molecule has 0 aliphatic rings. The summed E-state index contributed by atoms with van der Waals surface area (Å²) in [6.07, 6.45) is 0. The van der Waals surface area contributed by atoms with Crippen LogP contribution in [0.25, 0.3) is 0 Å². The molecule has 0 radical (unpaired) electrons. The first-order valence-electron chi connectivity index (χ1n) is 6.16. The SMILES string of the molecule is Cc1ccc(S(=O)(=O)N(C)CC#C[Si](C)(C)C)cc1. The van der Waals surface area contributed by atoms with E-state index >= 15 is 0 Å². The standard InChI is InChI=1S/C14H21NO2SSi/c1-13-7-9-14(10-8-13)18(16,17)15(2)11-6-12-19(3,4)5/h7-10H,11H2,1-5H3. The number of nitrogens with zero attached hydrogens (tertiary/aromatic N) is 1. The first-order chi connectivity index (χ1) is 8.63. The van der Waals surface area contributed by atoms with Gasteiger partial charge in [-0.15, -0.1) is 5.54 Å². The van der Waals surface area contributed by atoms with Crippen molar-refractivity contribution in [3.63, 3.8) is 0 Å². The monoisotopic (exact) mass is 295 g/mol. The molecule has 0 saturated carbocycles. The second kappa shape index (κ2) is 5.91. The number of rotatable bonds is 3. The Morgan fingerprint density at radius 1 is 1.16 bits per heavy atom. The Bertz CT molecular complexity index is 589. The molecule has 0 aromatic heterocycles. The summed E-state index contributed by atoms with van der Waals surface area (Å²) >= 11 is 0. The Morgan fingerprint density at radius 2 is 1.68 bits per heavy atom. The van der Waals surface area contributed by atoms with Crippen LogP contribution in [-0.2, 0) is 10.0 Å². The second-order valence-corrected chi connectivity index (χ2v) is 12.4. The van der Waals surface area contributed by atoms with Crippen LogP contribution in [0.1, 0.15) is 5.56 Å². The van der Waals surface area contributed by atoms with Crippen molar-refractivity contribution in [2.45, 2.75) is 31.5 Å². The lowest BCUT2D eigenvalue weighted by Gasteiger charge is -2.14. The fraction of sp³-hybridized carbons (Fsp3) is 0.429. The van der Waals surface area contributed by atoms with E-state index in [-0.39, 0.29) is 6.54 Å². The summed E-state index contributed by atoms with van der Waals surface area (Å²) in [5.74, 6) is 2.97. The molecule has 0 bridgehead atoms. The predicted octanol–water partition coefficient (Wildman–Crippen LogP) is 2.50. The maximum absolute atomic E-state index is 12.3. The van der Waals surface area contributed by atoms with E-state index in [1.54, 1.807) is 31.3 Å². The summed E-state index contributed by atoms with van der Waals surface area (Å²) < 4.78 is 25.8. The van der Waals surface area contributed by atoms with Gasteiger partial charge in [0.05, 0.1) is 11.4 Å². The van der Waals surface area contributed by atoms with Gasteiger partial charge in [-0.25, -0.2) is 8.42 Å². The minimum atomic E-state index is -3.43. The topological polar surface area (TPSA) is 37.4 Å². The van der Waals surface area contributed by atoms with E-state index in [0.717, 1.165) is 5.56 Å². The highest BCUT2D eigenvalue weighted by atomic mass is 32.2. The summed E-state index contributed by atoms with van der Waals surface area (Å²) in [5.41, 5.74) is 4.21. The molecule has 0 atom stereocenters. The lowest BCUT2D eigenvalue weighted by atomic mass is 10.2. The van der Waals surface area contributed by atoms with E-state index in [0.29, 0.717) is 4.90 Å². The molecule has 0 N–H and O–H groups in total. The van der Waals surface area contributed by atoms with Gasteiger partial charge in [0.2, 0.25) is 10.0 Å². The third-order valence-corrected chi connectivity index (χ3v) is 5.24. The van der Waals surface area contributed by atoms with Gasteiger partial charge in [0.25, 0.3) is 0 Å². The van der Waals surface area contributed by atoms with Crippen molar-refractivity contribution in [3.05, 3.63) is 29.8 Å². The van der Waals surface area contributed by atoms with Crippen molar-refractivity contribution >= 4 is 18.1 Å². The lowest BCUT2D eigenvalue weighted by Crippen LogP contribution is -2.28. The minimum Gasteiger partial charge on any atom is -0.207 e. The van der Waals surface area contributed by atoms with Crippen molar-refractivity contribution in [2.24, 2.45) is 0 Å². The average molecular weight is 295 g/mol. The Balaban J connectivity index is 2.88. The molecule has 0 heterocycles. The number of sulfonamides is 1. The largest absolute Gasteiger partial charge is 0.243 e. The van der Waals surface area contributed by atoms with Crippen LogP contribution >= 0.6 is 0 Å². The predicted molar refractivity (Wildman–Crippen MR) is 82.1 cm³/mol. The van der Waals surface area contributed by atoms with Gasteiger partial charge in [-0.3, -0.25) is 0 Å². The quantitative estimate of drug-likeness (QED) is 0.634. The maximum atomic E-state index is 12.3. The molecule has 19 heavy (non-hydrogen) atoms. The third kappa shape index (κ3) is 4.82. The van der Waals surface area contributed by atoms with E-state index in [2.05, 4.69) is 31.1 Å². The highest BCUT2D eigenvalue weighted by Gasteiger charge is 2.19. The molecule has 3 nitrogen and oxygen atoms in total. The molecule has 0 amide bonds. The summed E-state index contributed by atoms with van der Waals surface area (Å²) in [6, 6.07) is 6.86. The fourth-order valence-corrected chi connectivity index (χ4v) is 3.07. The minimum absolute atomic E-state index is 0.237. The van der Waals surface area contributed by atoms with E-state index < -0.39 is 18.1 Å². The second-order valence-electron chi connectivity index (χ2n) is 5.63. The van der Waals surface area contributed by atoms with E-state index in [1.807, 2.05) is 6.92 Å². The Kier molecular flexibility index (Phi) is 4.96. The van der Waals surface area contributed by atoms with Crippen LogP contribution < -0.4 is 0 Å². The highest BCUT2D eigenvalue weighted by molar-refractivity contribution is 7.89. The number of aryl methyl sites for hydroxylation is 1. The molecule has 0 saturated heterocycles. The number of benzene rings is 1. The molecule has 0 unspecified atom stereocenters. The third-order valence-electron chi connectivity index (χ3n) is 2.49. The molecule has 5 heteroatoms. The summed E-state index contributed by atoms with van der Waals surface area (Å²) in [4.78, 5) is 0.315. The molecule has 1 aromatic carbocycles. The van der Waals surface area contributed by atoms with Crippen LogP contribution in [0, 0.1) is 18.4 Å². The van der Waals surface area contributed by atoms with Crippen LogP contribution in [-0.4, -0.2) is 34.4 Å².